The Bertz CT molecular complexity index is 333. The fourth-order valence-corrected chi connectivity index (χ4v) is 2.30. The maximum Gasteiger partial charge on any atom is 0.0399 e. The first-order valence-corrected chi connectivity index (χ1v) is 5.25. The second-order valence-electron chi connectivity index (χ2n) is 4.18. The summed E-state index contributed by atoms with van der Waals surface area (Å²) < 4.78 is 0. The number of rotatable bonds is 2. The van der Waals surface area contributed by atoms with Gasteiger partial charge in [-0.1, -0.05) is 17.7 Å². The third-order valence-corrected chi connectivity index (χ3v) is 3.12. The molecule has 1 aliphatic rings. The molecule has 0 aromatic heterocycles. The van der Waals surface area contributed by atoms with E-state index in [1.807, 2.05) is 0 Å². The zero-order valence-electron chi connectivity index (χ0n) is 8.96. The lowest BCUT2D eigenvalue weighted by Crippen LogP contribution is -2.29. The Morgan fingerprint density at radius 3 is 3.00 bits per heavy atom. The monoisotopic (exact) mass is 190 g/mol. The van der Waals surface area contributed by atoms with E-state index >= 15 is 0 Å². The van der Waals surface area contributed by atoms with E-state index in [0.717, 1.165) is 19.4 Å². The van der Waals surface area contributed by atoms with E-state index < -0.39 is 0 Å². The topological polar surface area (TPSA) is 29.3 Å². The Hall–Kier alpha value is -1.02. The number of nitrogens with two attached hydrogens (primary N) is 1. The molecule has 2 rings (SSSR count). The normalized spacial score (nSPS) is 19.9. The van der Waals surface area contributed by atoms with Crippen LogP contribution in [0, 0.1) is 6.92 Å². The van der Waals surface area contributed by atoms with Crippen molar-refractivity contribution in [2.24, 2.45) is 5.73 Å². The quantitative estimate of drug-likeness (QED) is 0.769. The Morgan fingerprint density at radius 2 is 2.29 bits per heavy atom. The van der Waals surface area contributed by atoms with Crippen molar-refractivity contribution in [2.45, 2.75) is 25.8 Å². The van der Waals surface area contributed by atoms with Gasteiger partial charge in [0.25, 0.3) is 0 Å². The van der Waals surface area contributed by atoms with E-state index in [-0.39, 0.29) is 0 Å². The summed E-state index contributed by atoms with van der Waals surface area (Å²) in [6.07, 6.45) is 2.24. The average molecular weight is 190 g/mol. The number of fused-ring (bicyclic) bond motifs is 1. The van der Waals surface area contributed by atoms with E-state index in [4.69, 9.17) is 5.73 Å². The fraction of sp³-hybridized carbons (Fsp3) is 0.500. The number of anilines is 1. The van der Waals surface area contributed by atoms with Crippen molar-refractivity contribution in [1.29, 1.82) is 0 Å². The van der Waals surface area contributed by atoms with Crippen LogP contribution in [0.25, 0.3) is 0 Å². The van der Waals surface area contributed by atoms with Crippen LogP contribution >= 0.6 is 0 Å². The van der Waals surface area contributed by atoms with Gasteiger partial charge in [-0.15, -0.1) is 0 Å². The minimum absolute atomic E-state index is 0.608. The molecule has 1 atom stereocenters. The second-order valence-corrected chi connectivity index (χ2v) is 4.18. The number of nitrogens with zero attached hydrogens (tertiary/aromatic N) is 1. The molecule has 0 fully saturated rings. The van der Waals surface area contributed by atoms with Crippen molar-refractivity contribution in [1.82, 2.24) is 0 Å². The van der Waals surface area contributed by atoms with Crippen molar-refractivity contribution in [3.05, 3.63) is 29.3 Å². The van der Waals surface area contributed by atoms with Crippen LogP contribution in [0.2, 0.25) is 0 Å². The highest BCUT2D eigenvalue weighted by atomic mass is 15.2. The summed E-state index contributed by atoms with van der Waals surface area (Å²) in [5.74, 6) is 0. The zero-order chi connectivity index (χ0) is 10.1. The van der Waals surface area contributed by atoms with Crippen molar-refractivity contribution < 1.29 is 0 Å². The van der Waals surface area contributed by atoms with Crippen LogP contribution in [0.5, 0.6) is 0 Å². The summed E-state index contributed by atoms with van der Waals surface area (Å²) in [4.78, 5) is 2.36. The Balaban J connectivity index is 2.26. The predicted octanol–water partition coefficient (Wildman–Crippen LogP) is 1.70. The minimum Gasteiger partial charge on any atom is -0.371 e. The van der Waals surface area contributed by atoms with Crippen LogP contribution in [0.1, 0.15) is 17.5 Å². The van der Waals surface area contributed by atoms with Crippen LogP contribution in [-0.2, 0) is 6.42 Å². The van der Waals surface area contributed by atoms with Crippen molar-refractivity contribution in [3.8, 4) is 0 Å². The number of aryl methyl sites for hydroxylation is 1. The van der Waals surface area contributed by atoms with Crippen LogP contribution in [0.4, 0.5) is 5.69 Å². The number of hydrogen-bond donors (Lipinski definition) is 1. The lowest BCUT2D eigenvalue weighted by atomic mass is 10.1. The molecule has 76 valence electrons. The molecule has 14 heavy (non-hydrogen) atoms. The molecule has 0 bridgehead atoms. The van der Waals surface area contributed by atoms with Gasteiger partial charge >= 0.3 is 0 Å². The molecule has 0 radical (unpaired) electrons. The van der Waals surface area contributed by atoms with Gasteiger partial charge in [-0.25, -0.2) is 0 Å². The third-order valence-electron chi connectivity index (χ3n) is 3.12. The highest BCUT2D eigenvalue weighted by molar-refractivity contribution is 5.59. The molecule has 2 heteroatoms. The zero-order valence-corrected chi connectivity index (χ0v) is 8.96. The fourth-order valence-electron chi connectivity index (χ4n) is 2.30. The Morgan fingerprint density at radius 1 is 1.50 bits per heavy atom. The average Bonchev–Trinajstić information content (AvgIpc) is 2.44. The molecule has 0 aliphatic carbocycles. The summed E-state index contributed by atoms with van der Waals surface area (Å²) in [7, 11) is 2.17. The maximum atomic E-state index is 5.61. The van der Waals surface area contributed by atoms with Gasteiger partial charge in [0.2, 0.25) is 0 Å². The first-order valence-electron chi connectivity index (χ1n) is 5.25. The van der Waals surface area contributed by atoms with Gasteiger partial charge in [-0.2, -0.15) is 0 Å². The van der Waals surface area contributed by atoms with Gasteiger partial charge in [0.1, 0.15) is 0 Å². The molecule has 1 heterocycles. The van der Waals surface area contributed by atoms with Gasteiger partial charge in [-0.05, 0) is 37.9 Å². The van der Waals surface area contributed by atoms with Gasteiger partial charge in [0, 0.05) is 18.8 Å². The maximum absolute atomic E-state index is 5.61. The predicted molar refractivity (Wildman–Crippen MR) is 60.7 cm³/mol. The van der Waals surface area contributed by atoms with Crippen molar-refractivity contribution in [3.63, 3.8) is 0 Å². The van der Waals surface area contributed by atoms with Crippen molar-refractivity contribution in [2.75, 3.05) is 18.5 Å². The lowest BCUT2D eigenvalue weighted by Gasteiger charge is -2.21. The SMILES string of the molecule is Cc1ccc2c(c1)CC(CCN)N2C. The Kier molecular flexibility index (Phi) is 2.46. The van der Waals surface area contributed by atoms with Gasteiger partial charge in [0.15, 0.2) is 0 Å². The van der Waals surface area contributed by atoms with Crippen LogP contribution in [0.15, 0.2) is 18.2 Å². The molecule has 2 nitrogen and oxygen atoms in total. The molecule has 0 spiro atoms. The Labute approximate surface area is 85.7 Å². The molecule has 0 saturated heterocycles. The number of hydrogen-bond acceptors (Lipinski definition) is 2. The summed E-state index contributed by atoms with van der Waals surface area (Å²) in [5, 5.41) is 0. The molecular formula is C12H18N2. The van der Waals surface area contributed by atoms with Gasteiger partial charge in [0.05, 0.1) is 0 Å². The minimum atomic E-state index is 0.608. The molecule has 1 aromatic rings. The molecule has 0 amide bonds. The molecule has 1 aromatic carbocycles. The van der Waals surface area contributed by atoms with E-state index in [0.29, 0.717) is 6.04 Å². The molecule has 1 unspecified atom stereocenters. The van der Waals surface area contributed by atoms with Gasteiger partial charge in [-0.3, -0.25) is 0 Å². The highest BCUT2D eigenvalue weighted by Crippen LogP contribution is 2.32. The summed E-state index contributed by atoms with van der Waals surface area (Å²) >= 11 is 0. The molecular weight excluding hydrogens is 172 g/mol. The van der Waals surface area contributed by atoms with E-state index in [1.165, 1.54) is 16.8 Å². The molecule has 2 N–H and O–H groups in total. The van der Waals surface area contributed by atoms with Crippen LogP contribution in [-0.4, -0.2) is 19.6 Å². The summed E-state index contributed by atoms with van der Waals surface area (Å²) in [5.41, 5.74) is 9.82. The standard InChI is InChI=1S/C12H18N2/c1-9-3-4-12-10(7-9)8-11(5-6-13)14(12)2/h3-4,7,11H,5-6,8,13H2,1-2H3. The molecule has 0 saturated carbocycles. The smallest absolute Gasteiger partial charge is 0.0399 e. The van der Waals surface area contributed by atoms with Crippen LogP contribution in [0.3, 0.4) is 0 Å². The third kappa shape index (κ3) is 1.50. The largest absolute Gasteiger partial charge is 0.371 e. The molecule has 1 aliphatic heterocycles. The van der Waals surface area contributed by atoms with Crippen LogP contribution < -0.4 is 10.6 Å². The van der Waals surface area contributed by atoms with E-state index in [9.17, 15) is 0 Å². The van der Waals surface area contributed by atoms with E-state index in [2.05, 4.69) is 37.1 Å². The lowest BCUT2D eigenvalue weighted by molar-refractivity contribution is 0.617. The van der Waals surface area contributed by atoms with Gasteiger partial charge < -0.3 is 10.6 Å². The van der Waals surface area contributed by atoms with E-state index in [1.54, 1.807) is 0 Å². The number of likely N-dealkylation sites (N-methyl/N-ethyl adjacent to an activating group) is 1. The first kappa shape index (κ1) is 9.53. The number of benzene rings is 1. The highest BCUT2D eigenvalue weighted by Gasteiger charge is 2.25. The summed E-state index contributed by atoms with van der Waals surface area (Å²) in [6.45, 7) is 2.93. The summed E-state index contributed by atoms with van der Waals surface area (Å²) in [6, 6.07) is 7.31. The first-order chi connectivity index (χ1) is 6.72. The van der Waals surface area contributed by atoms with Crippen molar-refractivity contribution >= 4 is 5.69 Å². The second kappa shape index (κ2) is 3.62.